The van der Waals surface area contributed by atoms with Crippen LogP contribution in [0, 0.1) is 0 Å². The van der Waals surface area contributed by atoms with E-state index in [1.54, 1.807) is 0 Å². The second-order valence-corrected chi connectivity index (χ2v) is 5.56. The minimum absolute atomic E-state index is 0.0386. The fourth-order valence-electron chi connectivity index (χ4n) is 1.81. The molecule has 108 valence electrons. The maximum absolute atomic E-state index is 6.19. The van der Waals surface area contributed by atoms with Crippen molar-refractivity contribution in [1.82, 2.24) is 9.78 Å². The molecule has 2 N–H and O–H groups in total. The quantitative estimate of drug-likeness (QED) is 0.914. The molecule has 1 atom stereocenters. The van der Waals surface area contributed by atoms with Gasteiger partial charge in [0.1, 0.15) is 12.4 Å². The second-order valence-electron chi connectivity index (χ2n) is 5.15. The Morgan fingerprint density at radius 2 is 2.05 bits per heavy atom. The molecule has 0 radical (unpaired) electrons. The van der Waals surface area contributed by atoms with Crippen LogP contribution in [0.15, 0.2) is 30.5 Å². The molecule has 5 heteroatoms. The Labute approximate surface area is 124 Å². The van der Waals surface area contributed by atoms with Crippen molar-refractivity contribution in [2.75, 3.05) is 0 Å². The minimum Gasteiger partial charge on any atom is -0.486 e. The maximum Gasteiger partial charge on any atom is 0.138 e. The number of halogens is 1. The van der Waals surface area contributed by atoms with E-state index < -0.39 is 0 Å². The molecule has 0 unspecified atom stereocenters. The number of rotatable bonds is 5. The largest absolute Gasteiger partial charge is 0.486 e. The summed E-state index contributed by atoms with van der Waals surface area (Å²) >= 11 is 6.19. The third-order valence-corrected chi connectivity index (χ3v) is 3.35. The number of benzene rings is 1. The Kier molecular flexibility index (Phi) is 4.68. The SMILES string of the molecule is CC(C)n1ccc(COc2ccc([C@H](C)N)cc2Cl)n1. The first kappa shape index (κ1) is 14.9. The molecule has 2 aromatic rings. The van der Waals surface area contributed by atoms with E-state index in [0.717, 1.165) is 11.3 Å². The fraction of sp³-hybridized carbons (Fsp3) is 0.400. The van der Waals surface area contributed by atoms with Gasteiger partial charge in [0.2, 0.25) is 0 Å². The lowest BCUT2D eigenvalue weighted by Crippen LogP contribution is -2.05. The van der Waals surface area contributed by atoms with E-state index in [1.807, 2.05) is 42.1 Å². The highest BCUT2D eigenvalue weighted by atomic mass is 35.5. The van der Waals surface area contributed by atoms with E-state index in [-0.39, 0.29) is 6.04 Å². The van der Waals surface area contributed by atoms with Crippen molar-refractivity contribution in [3.8, 4) is 5.75 Å². The Morgan fingerprint density at radius 1 is 1.30 bits per heavy atom. The molecule has 1 aromatic carbocycles. The van der Waals surface area contributed by atoms with Crippen LogP contribution in [0.25, 0.3) is 0 Å². The lowest BCUT2D eigenvalue weighted by atomic mass is 10.1. The molecule has 2 rings (SSSR count). The van der Waals surface area contributed by atoms with E-state index in [2.05, 4.69) is 18.9 Å². The average molecular weight is 294 g/mol. The zero-order valence-electron chi connectivity index (χ0n) is 12.0. The molecular formula is C15H20ClN3O. The predicted molar refractivity (Wildman–Crippen MR) is 81.0 cm³/mol. The summed E-state index contributed by atoms with van der Waals surface area (Å²) in [7, 11) is 0. The first-order valence-electron chi connectivity index (χ1n) is 6.69. The highest BCUT2D eigenvalue weighted by molar-refractivity contribution is 6.32. The van der Waals surface area contributed by atoms with E-state index >= 15 is 0 Å². The van der Waals surface area contributed by atoms with Gasteiger partial charge >= 0.3 is 0 Å². The van der Waals surface area contributed by atoms with Crippen molar-refractivity contribution >= 4 is 11.6 Å². The average Bonchev–Trinajstić information content (AvgIpc) is 2.86. The van der Waals surface area contributed by atoms with Gasteiger partial charge in [0.25, 0.3) is 0 Å². The Hall–Kier alpha value is -1.52. The Bertz CT molecular complexity index is 578. The zero-order valence-corrected chi connectivity index (χ0v) is 12.8. The van der Waals surface area contributed by atoms with E-state index in [1.165, 1.54) is 0 Å². The normalized spacial score (nSPS) is 12.7. The van der Waals surface area contributed by atoms with Gasteiger partial charge in [0.05, 0.1) is 10.7 Å². The molecule has 1 aromatic heterocycles. The third-order valence-electron chi connectivity index (χ3n) is 3.05. The lowest BCUT2D eigenvalue weighted by molar-refractivity contribution is 0.299. The second kappa shape index (κ2) is 6.29. The summed E-state index contributed by atoms with van der Waals surface area (Å²) in [5.41, 5.74) is 7.69. The summed E-state index contributed by atoms with van der Waals surface area (Å²) < 4.78 is 7.60. The molecule has 0 saturated heterocycles. The van der Waals surface area contributed by atoms with Gasteiger partial charge in [0, 0.05) is 18.3 Å². The summed E-state index contributed by atoms with van der Waals surface area (Å²) in [4.78, 5) is 0. The molecule has 0 bridgehead atoms. The summed E-state index contributed by atoms with van der Waals surface area (Å²) in [5, 5.41) is 5.00. The molecule has 0 aliphatic rings. The smallest absolute Gasteiger partial charge is 0.138 e. The molecule has 0 aliphatic carbocycles. The van der Waals surface area contributed by atoms with Gasteiger partial charge in [-0.25, -0.2) is 0 Å². The monoisotopic (exact) mass is 293 g/mol. The van der Waals surface area contributed by atoms with Gasteiger partial charge < -0.3 is 10.5 Å². The van der Waals surface area contributed by atoms with Crippen LogP contribution in [0.4, 0.5) is 0 Å². The third kappa shape index (κ3) is 3.52. The number of hydrogen-bond donors (Lipinski definition) is 1. The van der Waals surface area contributed by atoms with Crippen molar-refractivity contribution in [3.05, 3.63) is 46.7 Å². The molecule has 0 aliphatic heterocycles. The number of ether oxygens (including phenoxy) is 1. The van der Waals surface area contributed by atoms with Crippen molar-refractivity contribution in [2.24, 2.45) is 5.73 Å². The van der Waals surface area contributed by atoms with Crippen molar-refractivity contribution in [1.29, 1.82) is 0 Å². The summed E-state index contributed by atoms with van der Waals surface area (Å²) in [5.74, 6) is 0.648. The van der Waals surface area contributed by atoms with Gasteiger partial charge in [-0.1, -0.05) is 17.7 Å². The van der Waals surface area contributed by atoms with Gasteiger partial charge in [0.15, 0.2) is 0 Å². The summed E-state index contributed by atoms with van der Waals surface area (Å²) in [6.07, 6.45) is 1.95. The Morgan fingerprint density at radius 3 is 2.60 bits per heavy atom. The van der Waals surface area contributed by atoms with Crippen LogP contribution in [0.2, 0.25) is 5.02 Å². The first-order chi connectivity index (χ1) is 9.47. The van der Waals surface area contributed by atoms with E-state index in [0.29, 0.717) is 23.4 Å². The van der Waals surface area contributed by atoms with Crippen LogP contribution in [0.3, 0.4) is 0 Å². The molecule has 4 nitrogen and oxygen atoms in total. The topological polar surface area (TPSA) is 53.1 Å². The van der Waals surface area contributed by atoms with Gasteiger partial charge in [-0.2, -0.15) is 5.10 Å². The van der Waals surface area contributed by atoms with E-state index in [4.69, 9.17) is 22.1 Å². The van der Waals surface area contributed by atoms with Crippen LogP contribution in [-0.2, 0) is 6.61 Å². The van der Waals surface area contributed by atoms with E-state index in [9.17, 15) is 0 Å². The van der Waals surface area contributed by atoms with Crippen molar-refractivity contribution in [2.45, 2.75) is 39.5 Å². The number of nitrogens with two attached hydrogens (primary N) is 1. The molecule has 0 amide bonds. The first-order valence-corrected chi connectivity index (χ1v) is 7.07. The highest BCUT2D eigenvalue weighted by Crippen LogP contribution is 2.27. The van der Waals surface area contributed by atoms with Crippen LogP contribution in [0.1, 0.15) is 44.1 Å². The number of aromatic nitrogens is 2. The van der Waals surface area contributed by atoms with Gasteiger partial charge in [-0.05, 0) is 44.5 Å². The lowest BCUT2D eigenvalue weighted by Gasteiger charge is -2.10. The maximum atomic E-state index is 6.19. The fourth-order valence-corrected chi connectivity index (χ4v) is 2.05. The van der Waals surface area contributed by atoms with Crippen LogP contribution >= 0.6 is 11.6 Å². The number of hydrogen-bond acceptors (Lipinski definition) is 3. The standard InChI is InChI=1S/C15H20ClN3O/c1-10(2)19-7-6-13(18-19)9-20-15-5-4-12(11(3)17)8-14(15)16/h4-8,10-11H,9,17H2,1-3H3/t11-/m0/s1. The van der Waals surface area contributed by atoms with Crippen LogP contribution < -0.4 is 10.5 Å². The van der Waals surface area contributed by atoms with Gasteiger partial charge in [-0.15, -0.1) is 0 Å². The van der Waals surface area contributed by atoms with Crippen LogP contribution in [-0.4, -0.2) is 9.78 Å². The van der Waals surface area contributed by atoms with Crippen molar-refractivity contribution < 1.29 is 4.74 Å². The van der Waals surface area contributed by atoms with Crippen LogP contribution in [0.5, 0.6) is 5.75 Å². The summed E-state index contributed by atoms with van der Waals surface area (Å²) in [6.45, 7) is 6.49. The van der Waals surface area contributed by atoms with Gasteiger partial charge in [-0.3, -0.25) is 4.68 Å². The number of nitrogens with zero attached hydrogens (tertiary/aromatic N) is 2. The molecule has 0 saturated carbocycles. The highest BCUT2D eigenvalue weighted by Gasteiger charge is 2.07. The molecule has 0 fully saturated rings. The molecule has 1 heterocycles. The minimum atomic E-state index is -0.0386. The summed E-state index contributed by atoms with van der Waals surface area (Å²) in [6, 6.07) is 7.87. The van der Waals surface area contributed by atoms with Crippen molar-refractivity contribution in [3.63, 3.8) is 0 Å². The molecular weight excluding hydrogens is 274 g/mol. The zero-order chi connectivity index (χ0) is 14.7. The molecule has 0 spiro atoms. The Balaban J connectivity index is 2.03. The predicted octanol–water partition coefficient (Wildman–Crippen LogP) is 3.72. The molecule has 20 heavy (non-hydrogen) atoms.